The van der Waals surface area contributed by atoms with E-state index in [1.807, 2.05) is 0 Å². The van der Waals surface area contributed by atoms with Crippen LogP contribution in [0.3, 0.4) is 0 Å². The van der Waals surface area contributed by atoms with Gasteiger partial charge in [-0.1, -0.05) is 129 Å². The minimum Gasteiger partial charge on any atom is -0.310 e. The zero-order valence-electron chi connectivity index (χ0n) is 32.5. The molecule has 3 nitrogen and oxygen atoms in total. The lowest BCUT2D eigenvalue weighted by Crippen LogP contribution is -2.16. The molecular formula is C55H41N3. The number of hydrogen-bond acceptors (Lipinski definition) is 2. The summed E-state index contributed by atoms with van der Waals surface area (Å²) in [6.45, 7) is 4.79. The molecule has 0 saturated heterocycles. The van der Waals surface area contributed by atoms with Gasteiger partial charge in [-0.2, -0.15) is 0 Å². The Hall–Kier alpha value is -7.36. The Morgan fingerprint density at radius 3 is 1.43 bits per heavy atom. The summed E-state index contributed by atoms with van der Waals surface area (Å²) in [6, 6.07) is 77.2. The standard InChI is InChI=1S/C55H41N3/c1-55(2)50-35-44(57(41-24-11-5-12-25-41)42-26-13-6-14-27-42)30-32-46(50)47-37-54-49(36-51(47)55)48-34-43(56(39-20-7-3-8-21-39)40-22-9-4-10-23-40)31-33-53(48)58(54)52-29-17-19-38-18-15-16-28-45(38)52/h3-37H,1-2H3. The number of benzene rings is 9. The first-order valence-corrected chi connectivity index (χ1v) is 20.1. The zero-order valence-corrected chi connectivity index (χ0v) is 32.5. The number of para-hydroxylation sites is 4. The summed E-state index contributed by atoms with van der Waals surface area (Å²) < 4.78 is 2.50. The number of rotatable bonds is 7. The Labute approximate surface area is 339 Å². The Morgan fingerprint density at radius 2 is 0.828 bits per heavy atom. The van der Waals surface area contributed by atoms with Gasteiger partial charge in [0, 0.05) is 55.7 Å². The van der Waals surface area contributed by atoms with Crippen molar-refractivity contribution in [2.45, 2.75) is 19.3 Å². The van der Waals surface area contributed by atoms with Crippen molar-refractivity contribution < 1.29 is 0 Å². The van der Waals surface area contributed by atoms with Gasteiger partial charge in [0.25, 0.3) is 0 Å². The second kappa shape index (κ2) is 13.4. The van der Waals surface area contributed by atoms with E-state index in [-0.39, 0.29) is 5.41 Å². The molecule has 276 valence electrons. The highest BCUT2D eigenvalue weighted by atomic mass is 15.1. The van der Waals surface area contributed by atoms with E-state index < -0.39 is 0 Å². The number of aromatic nitrogens is 1. The predicted octanol–water partition coefficient (Wildman–Crippen LogP) is 15.2. The quantitative estimate of drug-likeness (QED) is 0.161. The normalized spacial score (nSPS) is 12.8. The van der Waals surface area contributed by atoms with Crippen molar-refractivity contribution in [3.05, 3.63) is 223 Å². The van der Waals surface area contributed by atoms with Crippen LogP contribution in [0.1, 0.15) is 25.0 Å². The summed E-state index contributed by atoms with van der Waals surface area (Å²) in [5.74, 6) is 0. The summed E-state index contributed by atoms with van der Waals surface area (Å²) in [7, 11) is 0. The minimum absolute atomic E-state index is 0.237. The summed E-state index contributed by atoms with van der Waals surface area (Å²) in [4.78, 5) is 4.73. The summed E-state index contributed by atoms with van der Waals surface area (Å²) in [5, 5.41) is 4.94. The van der Waals surface area contributed by atoms with E-state index in [2.05, 4.69) is 241 Å². The minimum atomic E-state index is -0.237. The van der Waals surface area contributed by atoms with Crippen LogP contribution in [0.4, 0.5) is 34.1 Å². The van der Waals surface area contributed by atoms with Gasteiger partial charge in [0.15, 0.2) is 0 Å². The van der Waals surface area contributed by atoms with Gasteiger partial charge in [0.2, 0.25) is 0 Å². The summed E-state index contributed by atoms with van der Waals surface area (Å²) >= 11 is 0. The largest absolute Gasteiger partial charge is 0.310 e. The molecule has 10 aromatic rings. The number of fused-ring (bicyclic) bond motifs is 7. The van der Waals surface area contributed by atoms with Crippen LogP contribution in [0.5, 0.6) is 0 Å². The lowest BCUT2D eigenvalue weighted by atomic mass is 9.82. The fourth-order valence-electron chi connectivity index (χ4n) is 9.37. The van der Waals surface area contributed by atoms with Crippen molar-refractivity contribution >= 4 is 66.7 Å². The first kappa shape index (κ1) is 33.9. The van der Waals surface area contributed by atoms with Crippen LogP contribution in [0.2, 0.25) is 0 Å². The lowest BCUT2D eigenvalue weighted by molar-refractivity contribution is 0.661. The van der Waals surface area contributed by atoms with Gasteiger partial charge in [-0.25, -0.2) is 0 Å². The van der Waals surface area contributed by atoms with E-state index >= 15 is 0 Å². The molecule has 0 saturated carbocycles. The number of hydrogen-bond donors (Lipinski definition) is 0. The van der Waals surface area contributed by atoms with Crippen molar-refractivity contribution in [1.82, 2.24) is 4.57 Å². The van der Waals surface area contributed by atoms with E-state index in [1.54, 1.807) is 0 Å². The topological polar surface area (TPSA) is 11.4 Å². The molecular weight excluding hydrogens is 703 g/mol. The van der Waals surface area contributed by atoms with Crippen molar-refractivity contribution in [1.29, 1.82) is 0 Å². The number of anilines is 6. The maximum Gasteiger partial charge on any atom is 0.0547 e. The van der Waals surface area contributed by atoms with E-state index in [4.69, 9.17) is 0 Å². The molecule has 0 unspecified atom stereocenters. The first-order chi connectivity index (χ1) is 28.5. The first-order valence-electron chi connectivity index (χ1n) is 20.1. The average molecular weight is 744 g/mol. The lowest BCUT2D eigenvalue weighted by Gasteiger charge is -2.28. The third-order valence-corrected chi connectivity index (χ3v) is 12.1. The molecule has 0 amide bonds. The molecule has 1 aliphatic rings. The highest BCUT2D eigenvalue weighted by Crippen LogP contribution is 2.53. The third-order valence-electron chi connectivity index (χ3n) is 12.1. The molecule has 9 aromatic carbocycles. The second-order valence-corrected chi connectivity index (χ2v) is 15.8. The monoisotopic (exact) mass is 743 g/mol. The van der Waals surface area contributed by atoms with Crippen LogP contribution in [0.15, 0.2) is 212 Å². The molecule has 58 heavy (non-hydrogen) atoms. The van der Waals surface area contributed by atoms with E-state index in [0.29, 0.717) is 0 Å². The smallest absolute Gasteiger partial charge is 0.0547 e. The van der Waals surface area contributed by atoms with Gasteiger partial charge in [-0.05, 0) is 125 Å². The van der Waals surface area contributed by atoms with E-state index in [1.165, 1.54) is 60.5 Å². The molecule has 0 spiro atoms. The summed E-state index contributed by atoms with van der Waals surface area (Å²) in [5.41, 5.74) is 15.4. The molecule has 0 N–H and O–H groups in total. The molecule has 1 aliphatic carbocycles. The second-order valence-electron chi connectivity index (χ2n) is 15.8. The van der Waals surface area contributed by atoms with Crippen LogP contribution >= 0.6 is 0 Å². The van der Waals surface area contributed by atoms with Gasteiger partial charge in [0.1, 0.15) is 0 Å². The molecule has 0 aliphatic heterocycles. The van der Waals surface area contributed by atoms with Crippen molar-refractivity contribution in [3.63, 3.8) is 0 Å². The Bertz CT molecular complexity index is 3050. The molecule has 0 bridgehead atoms. The van der Waals surface area contributed by atoms with Gasteiger partial charge in [-0.3, -0.25) is 0 Å². The third kappa shape index (κ3) is 5.35. The molecule has 1 heterocycles. The van der Waals surface area contributed by atoms with Crippen LogP contribution < -0.4 is 9.80 Å². The van der Waals surface area contributed by atoms with E-state index in [0.717, 1.165) is 34.1 Å². The molecule has 0 fully saturated rings. The van der Waals surface area contributed by atoms with Crippen molar-refractivity contribution in [3.8, 4) is 16.8 Å². The molecule has 0 atom stereocenters. The number of nitrogens with zero attached hydrogens (tertiary/aromatic N) is 3. The van der Waals surface area contributed by atoms with Crippen molar-refractivity contribution in [2.24, 2.45) is 0 Å². The Balaban J connectivity index is 1.16. The zero-order chi connectivity index (χ0) is 38.8. The van der Waals surface area contributed by atoms with Crippen LogP contribution in [-0.2, 0) is 5.41 Å². The predicted molar refractivity (Wildman–Crippen MR) is 245 cm³/mol. The highest BCUT2D eigenvalue weighted by molar-refractivity contribution is 6.14. The maximum absolute atomic E-state index is 2.50. The van der Waals surface area contributed by atoms with Crippen LogP contribution in [0, 0.1) is 0 Å². The van der Waals surface area contributed by atoms with Crippen LogP contribution in [-0.4, -0.2) is 4.57 Å². The molecule has 11 rings (SSSR count). The average Bonchev–Trinajstić information content (AvgIpc) is 3.71. The SMILES string of the molecule is CC1(C)c2cc(N(c3ccccc3)c3ccccc3)ccc2-c2cc3c(cc21)c1cc(N(c2ccccc2)c2ccccc2)ccc1n3-c1cccc2ccccc12. The van der Waals surface area contributed by atoms with Gasteiger partial charge < -0.3 is 14.4 Å². The van der Waals surface area contributed by atoms with Crippen LogP contribution in [0.25, 0.3) is 49.4 Å². The highest BCUT2D eigenvalue weighted by Gasteiger charge is 2.37. The molecule has 0 radical (unpaired) electrons. The fourth-order valence-corrected chi connectivity index (χ4v) is 9.37. The fraction of sp³-hybridized carbons (Fsp3) is 0.0545. The van der Waals surface area contributed by atoms with Gasteiger partial charge in [0.05, 0.1) is 16.7 Å². The van der Waals surface area contributed by atoms with Crippen molar-refractivity contribution in [2.75, 3.05) is 9.80 Å². The van der Waals surface area contributed by atoms with Gasteiger partial charge in [-0.15, -0.1) is 0 Å². The Kier molecular flexibility index (Phi) is 7.84. The molecule has 3 heteroatoms. The van der Waals surface area contributed by atoms with Gasteiger partial charge >= 0.3 is 0 Å². The Morgan fingerprint density at radius 1 is 0.345 bits per heavy atom. The molecule has 1 aromatic heterocycles. The maximum atomic E-state index is 2.50. The summed E-state index contributed by atoms with van der Waals surface area (Å²) in [6.07, 6.45) is 0. The van der Waals surface area contributed by atoms with E-state index in [9.17, 15) is 0 Å².